The van der Waals surface area contributed by atoms with Gasteiger partial charge in [0.25, 0.3) is 0 Å². The zero-order chi connectivity index (χ0) is 11.5. The first-order valence-electron chi connectivity index (χ1n) is 5.36. The van der Waals surface area contributed by atoms with Gasteiger partial charge in [-0.15, -0.1) is 0 Å². The molecule has 0 saturated carbocycles. The Labute approximate surface area is 96.5 Å². The van der Waals surface area contributed by atoms with Crippen molar-refractivity contribution in [2.24, 2.45) is 4.99 Å². The van der Waals surface area contributed by atoms with E-state index in [-0.39, 0.29) is 0 Å². The molecule has 0 aliphatic carbocycles. The van der Waals surface area contributed by atoms with Crippen LogP contribution in [0.4, 0.5) is 5.69 Å². The molecule has 0 fully saturated rings. The van der Waals surface area contributed by atoms with Gasteiger partial charge in [-0.1, -0.05) is 42.0 Å². The summed E-state index contributed by atoms with van der Waals surface area (Å²) in [5.41, 5.74) is 5.86. The van der Waals surface area contributed by atoms with Gasteiger partial charge in [-0.05, 0) is 37.8 Å². The fourth-order valence-electron chi connectivity index (χ4n) is 1.87. The molecule has 1 heteroatoms. The second-order valence-electron chi connectivity index (χ2n) is 3.99. The van der Waals surface area contributed by atoms with Crippen LogP contribution in [0, 0.1) is 13.8 Å². The first-order valence-corrected chi connectivity index (χ1v) is 5.36. The minimum absolute atomic E-state index is 0.941. The van der Waals surface area contributed by atoms with Crippen molar-refractivity contribution in [3.63, 3.8) is 0 Å². The number of nitrogens with zero attached hydrogens (tertiary/aromatic N) is 1. The van der Waals surface area contributed by atoms with E-state index in [1.165, 1.54) is 16.7 Å². The largest absolute Gasteiger partial charge is 0.264 e. The van der Waals surface area contributed by atoms with E-state index in [0.29, 0.717) is 0 Å². The molecule has 0 bridgehead atoms. The summed E-state index contributed by atoms with van der Waals surface area (Å²) in [6.45, 7) is 7.84. The third-order valence-corrected chi connectivity index (χ3v) is 2.76. The summed E-state index contributed by atoms with van der Waals surface area (Å²) in [4.78, 5) is 4.07. The van der Waals surface area contributed by atoms with Crippen molar-refractivity contribution >= 4 is 12.4 Å². The SMILES string of the molecule is C=Nc1ccccc1-c1cc(C)ccc1C. The van der Waals surface area contributed by atoms with Crippen LogP contribution in [-0.4, -0.2) is 6.72 Å². The normalized spacial score (nSPS) is 10.1. The molecule has 2 aromatic rings. The lowest BCUT2D eigenvalue weighted by Gasteiger charge is -2.09. The van der Waals surface area contributed by atoms with E-state index in [9.17, 15) is 0 Å². The Morgan fingerprint density at radius 1 is 0.938 bits per heavy atom. The maximum atomic E-state index is 4.07. The second kappa shape index (κ2) is 4.31. The third-order valence-electron chi connectivity index (χ3n) is 2.76. The quantitative estimate of drug-likeness (QED) is 0.654. The van der Waals surface area contributed by atoms with Crippen LogP contribution in [0.15, 0.2) is 47.5 Å². The molecule has 2 rings (SSSR count). The average Bonchev–Trinajstić information content (AvgIpc) is 2.32. The Bertz CT molecular complexity index is 527. The van der Waals surface area contributed by atoms with Gasteiger partial charge in [0, 0.05) is 5.56 Å². The van der Waals surface area contributed by atoms with Gasteiger partial charge >= 0.3 is 0 Å². The molecule has 0 N–H and O–H groups in total. The van der Waals surface area contributed by atoms with E-state index in [2.05, 4.69) is 49.8 Å². The molecule has 80 valence electrons. The minimum atomic E-state index is 0.941. The van der Waals surface area contributed by atoms with Gasteiger partial charge in [0.1, 0.15) is 0 Å². The molecule has 0 spiro atoms. The Morgan fingerprint density at radius 3 is 2.44 bits per heavy atom. The Hall–Kier alpha value is -1.89. The van der Waals surface area contributed by atoms with Crippen molar-refractivity contribution in [1.82, 2.24) is 0 Å². The maximum absolute atomic E-state index is 4.07. The molecule has 1 nitrogen and oxygen atoms in total. The van der Waals surface area contributed by atoms with Gasteiger partial charge in [-0.2, -0.15) is 0 Å². The molecule has 0 saturated heterocycles. The van der Waals surface area contributed by atoms with Crippen LogP contribution in [0.1, 0.15) is 11.1 Å². The zero-order valence-electron chi connectivity index (χ0n) is 9.70. The molecule has 0 aliphatic heterocycles. The number of aliphatic imine (C=N–C) groups is 1. The Morgan fingerprint density at radius 2 is 1.69 bits per heavy atom. The molecular formula is C15H15N. The van der Waals surface area contributed by atoms with E-state index in [4.69, 9.17) is 0 Å². The lowest BCUT2D eigenvalue weighted by molar-refractivity contribution is 1.38. The highest BCUT2D eigenvalue weighted by Gasteiger charge is 2.05. The molecule has 0 radical (unpaired) electrons. The van der Waals surface area contributed by atoms with E-state index in [1.807, 2.05) is 18.2 Å². The highest BCUT2D eigenvalue weighted by molar-refractivity contribution is 5.79. The van der Waals surface area contributed by atoms with Crippen molar-refractivity contribution in [3.05, 3.63) is 53.6 Å². The number of aryl methyl sites for hydroxylation is 2. The molecule has 0 aromatic heterocycles. The predicted octanol–water partition coefficient (Wildman–Crippen LogP) is 4.30. The molecule has 0 amide bonds. The fraction of sp³-hybridized carbons (Fsp3) is 0.133. The lowest BCUT2D eigenvalue weighted by Crippen LogP contribution is -1.85. The molecule has 16 heavy (non-hydrogen) atoms. The molecule has 0 unspecified atom stereocenters. The van der Waals surface area contributed by atoms with Crippen LogP contribution < -0.4 is 0 Å². The number of para-hydroxylation sites is 1. The molecule has 2 aromatic carbocycles. The van der Waals surface area contributed by atoms with E-state index < -0.39 is 0 Å². The highest BCUT2D eigenvalue weighted by atomic mass is 14.7. The summed E-state index contributed by atoms with van der Waals surface area (Å²) in [5, 5.41) is 0. The Balaban J connectivity index is 2.66. The van der Waals surface area contributed by atoms with Gasteiger partial charge in [0.2, 0.25) is 0 Å². The summed E-state index contributed by atoms with van der Waals surface area (Å²) >= 11 is 0. The van der Waals surface area contributed by atoms with Crippen LogP contribution >= 0.6 is 0 Å². The van der Waals surface area contributed by atoms with Crippen LogP contribution in [0.25, 0.3) is 11.1 Å². The number of hydrogen-bond donors (Lipinski definition) is 0. The van der Waals surface area contributed by atoms with Crippen molar-refractivity contribution in [1.29, 1.82) is 0 Å². The number of benzene rings is 2. The first-order chi connectivity index (χ1) is 7.72. The standard InChI is InChI=1S/C15H15N/c1-11-8-9-12(2)14(10-11)13-6-4-5-7-15(13)16-3/h4-10H,3H2,1-2H3. The smallest absolute Gasteiger partial charge is 0.0700 e. The number of rotatable bonds is 2. The topological polar surface area (TPSA) is 12.4 Å². The van der Waals surface area contributed by atoms with E-state index >= 15 is 0 Å². The van der Waals surface area contributed by atoms with Gasteiger partial charge in [-0.3, -0.25) is 4.99 Å². The Kier molecular flexibility index (Phi) is 2.86. The van der Waals surface area contributed by atoms with Gasteiger partial charge in [0.15, 0.2) is 0 Å². The van der Waals surface area contributed by atoms with Crippen LogP contribution in [-0.2, 0) is 0 Å². The molecule has 0 atom stereocenters. The second-order valence-corrected chi connectivity index (χ2v) is 3.99. The fourth-order valence-corrected chi connectivity index (χ4v) is 1.87. The van der Waals surface area contributed by atoms with Crippen molar-refractivity contribution in [3.8, 4) is 11.1 Å². The van der Waals surface area contributed by atoms with Crippen LogP contribution in [0.5, 0.6) is 0 Å². The van der Waals surface area contributed by atoms with Crippen molar-refractivity contribution < 1.29 is 0 Å². The molecule has 0 heterocycles. The first kappa shape index (κ1) is 10.6. The maximum Gasteiger partial charge on any atom is 0.0700 e. The zero-order valence-corrected chi connectivity index (χ0v) is 9.70. The van der Waals surface area contributed by atoms with Crippen LogP contribution in [0.3, 0.4) is 0 Å². The summed E-state index contributed by atoms with van der Waals surface area (Å²) in [6.07, 6.45) is 0. The lowest BCUT2D eigenvalue weighted by atomic mass is 9.97. The predicted molar refractivity (Wildman–Crippen MR) is 70.6 cm³/mol. The average molecular weight is 209 g/mol. The molecule has 0 aliphatic rings. The summed E-state index contributed by atoms with van der Waals surface area (Å²) < 4.78 is 0. The number of hydrogen-bond acceptors (Lipinski definition) is 1. The monoisotopic (exact) mass is 209 g/mol. The third kappa shape index (κ3) is 1.89. The van der Waals surface area contributed by atoms with Gasteiger partial charge in [0.05, 0.1) is 5.69 Å². The van der Waals surface area contributed by atoms with E-state index in [0.717, 1.165) is 11.3 Å². The minimum Gasteiger partial charge on any atom is -0.264 e. The van der Waals surface area contributed by atoms with Crippen LogP contribution in [0.2, 0.25) is 0 Å². The van der Waals surface area contributed by atoms with E-state index in [1.54, 1.807) is 0 Å². The van der Waals surface area contributed by atoms with Crippen molar-refractivity contribution in [2.75, 3.05) is 0 Å². The highest BCUT2D eigenvalue weighted by Crippen LogP contribution is 2.32. The summed E-state index contributed by atoms with van der Waals surface area (Å²) in [6, 6.07) is 14.6. The van der Waals surface area contributed by atoms with Gasteiger partial charge < -0.3 is 0 Å². The van der Waals surface area contributed by atoms with Gasteiger partial charge in [-0.25, -0.2) is 0 Å². The summed E-state index contributed by atoms with van der Waals surface area (Å²) in [5.74, 6) is 0. The van der Waals surface area contributed by atoms with Crippen molar-refractivity contribution in [2.45, 2.75) is 13.8 Å². The summed E-state index contributed by atoms with van der Waals surface area (Å²) in [7, 11) is 0. The molecular weight excluding hydrogens is 194 g/mol.